The van der Waals surface area contributed by atoms with Gasteiger partial charge in [0, 0.05) is 12.6 Å². The number of aliphatic hydroxyl groups excluding tert-OH is 2. The Bertz CT molecular complexity index is 1050. The zero-order valence-corrected chi connectivity index (χ0v) is 16.1. The third-order valence-corrected chi connectivity index (χ3v) is 5.03. The number of halogens is 1. The van der Waals surface area contributed by atoms with E-state index in [-0.39, 0.29) is 18.8 Å². The molecule has 0 radical (unpaired) electrons. The number of hydrogen-bond donors (Lipinski definition) is 5. The second kappa shape index (κ2) is 7.82. The summed E-state index contributed by atoms with van der Waals surface area (Å²) in [5.74, 6) is 0.111. The summed E-state index contributed by atoms with van der Waals surface area (Å²) in [7, 11) is 0. The number of aliphatic hydroxyl groups is 2. The second-order valence-electron chi connectivity index (χ2n) is 5.64. The van der Waals surface area contributed by atoms with E-state index in [9.17, 15) is 9.90 Å². The van der Waals surface area contributed by atoms with Gasteiger partial charge in [-0.15, -0.1) is 0 Å². The lowest BCUT2D eigenvalue weighted by atomic mass is 10.2. The van der Waals surface area contributed by atoms with Crippen LogP contribution in [0.5, 0.6) is 0 Å². The third-order valence-electron chi connectivity index (χ3n) is 3.82. The molecule has 3 aromatic rings. The molecule has 0 saturated carbocycles. The number of aromatic nitrogens is 6. The van der Waals surface area contributed by atoms with Gasteiger partial charge in [0.1, 0.15) is 17.4 Å². The molecule has 27 heavy (non-hydrogen) atoms. The van der Waals surface area contributed by atoms with Crippen molar-refractivity contribution < 1.29 is 14.9 Å². The number of fused-ring (bicyclic) bond motifs is 1. The first kappa shape index (κ1) is 19.6. The van der Waals surface area contributed by atoms with Crippen molar-refractivity contribution in [2.24, 2.45) is 0 Å². The SMILES string of the molecule is Nc1ccn([C@@]2(Br)C[C@H](O)[C@@H](CO)O2)c(=O)n1.S=c1nc[nH]c2nc[nH]c12. The minimum absolute atomic E-state index is 0.111. The average molecular weight is 458 g/mol. The maximum Gasteiger partial charge on any atom is 0.352 e. The normalized spacial score (nSPS) is 24.6. The number of H-pyrrole nitrogens is 2. The second-order valence-corrected chi connectivity index (χ2v) is 7.26. The number of rotatable bonds is 2. The summed E-state index contributed by atoms with van der Waals surface area (Å²) in [4.78, 5) is 28.8. The Morgan fingerprint density at radius 2 is 2.19 bits per heavy atom. The first-order chi connectivity index (χ1) is 12.8. The Morgan fingerprint density at radius 3 is 2.81 bits per heavy atom. The molecule has 144 valence electrons. The van der Waals surface area contributed by atoms with Gasteiger partial charge < -0.3 is 30.7 Å². The number of alkyl halides is 1. The van der Waals surface area contributed by atoms with Crippen LogP contribution < -0.4 is 11.4 Å². The molecule has 0 amide bonds. The zero-order valence-electron chi connectivity index (χ0n) is 13.7. The van der Waals surface area contributed by atoms with Crippen LogP contribution in [-0.4, -0.2) is 58.5 Å². The fraction of sp³-hybridized carbons (Fsp3) is 0.357. The maximum atomic E-state index is 11.7. The standard InChI is InChI=1S/C9H12BrN3O4.C5H4N4S/c10-9(3-5(15)6(4-14)17-9)13-2-1-7(11)12-8(13)16;10-5-3-4(7-1-6-3)8-2-9-5/h1-2,5-6,14-15H,3-4H2,(H2,11,12,16);1-2H,(H2,6,7,8,9,10)/t5-,6+,9-;/m0./s1. The fourth-order valence-electron chi connectivity index (χ4n) is 2.52. The van der Waals surface area contributed by atoms with Crippen LogP contribution in [0.3, 0.4) is 0 Å². The molecule has 1 aliphatic rings. The van der Waals surface area contributed by atoms with Gasteiger partial charge in [0.05, 0.1) is 25.4 Å². The lowest BCUT2D eigenvalue weighted by Gasteiger charge is -2.23. The molecule has 0 aromatic carbocycles. The van der Waals surface area contributed by atoms with Crippen molar-refractivity contribution in [1.82, 2.24) is 29.5 Å². The zero-order chi connectivity index (χ0) is 19.6. The predicted molar refractivity (Wildman–Crippen MR) is 101 cm³/mol. The highest BCUT2D eigenvalue weighted by Gasteiger charge is 2.46. The minimum Gasteiger partial charge on any atom is -0.394 e. The van der Waals surface area contributed by atoms with Crippen molar-refractivity contribution in [2.75, 3.05) is 12.3 Å². The van der Waals surface area contributed by atoms with Crippen LogP contribution in [0.1, 0.15) is 6.42 Å². The number of aromatic amines is 2. The number of nitrogen functional groups attached to an aromatic ring is 1. The molecule has 3 atom stereocenters. The van der Waals surface area contributed by atoms with Gasteiger partial charge in [0.2, 0.25) is 4.63 Å². The first-order valence-corrected chi connectivity index (χ1v) is 8.92. The van der Waals surface area contributed by atoms with E-state index in [1.165, 1.54) is 23.2 Å². The molecule has 1 fully saturated rings. The quantitative estimate of drug-likeness (QED) is 0.262. The topological polar surface area (TPSA) is 168 Å². The van der Waals surface area contributed by atoms with Crippen molar-refractivity contribution in [1.29, 1.82) is 0 Å². The van der Waals surface area contributed by atoms with Crippen LogP contribution in [0.15, 0.2) is 29.7 Å². The van der Waals surface area contributed by atoms with Crippen LogP contribution in [0.4, 0.5) is 5.82 Å². The number of nitrogens with zero attached hydrogens (tertiary/aromatic N) is 4. The van der Waals surface area contributed by atoms with E-state index in [1.807, 2.05) is 0 Å². The van der Waals surface area contributed by atoms with E-state index in [4.69, 9.17) is 27.8 Å². The smallest absolute Gasteiger partial charge is 0.352 e. The van der Waals surface area contributed by atoms with Crippen molar-refractivity contribution in [3.8, 4) is 0 Å². The first-order valence-electron chi connectivity index (χ1n) is 7.72. The summed E-state index contributed by atoms with van der Waals surface area (Å²) in [5.41, 5.74) is 6.33. The number of hydrogen-bond acceptors (Lipinski definition) is 9. The molecule has 4 heterocycles. The molecular formula is C14H16BrN7O4S. The van der Waals surface area contributed by atoms with Crippen molar-refractivity contribution in [2.45, 2.75) is 23.3 Å². The van der Waals surface area contributed by atoms with E-state index in [0.717, 1.165) is 11.2 Å². The van der Waals surface area contributed by atoms with E-state index < -0.39 is 22.5 Å². The number of anilines is 1. The number of nitrogens with two attached hydrogens (primary N) is 1. The van der Waals surface area contributed by atoms with Gasteiger partial charge in [-0.3, -0.25) is 4.57 Å². The average Bonchev–Trinajstić information content (AvgIpc) is 3.20. The van der Waals surface area contributed by atoms with Gasteiger partial charge in [-0.1, -0.05) is 12.2 Å². The Labute approximate surface area is 165 Å². The molecule has 0 unspecified atom stereocenters. The molecule has 6 N–H and O–H groups in total. The molecule has 1 aliphatic heterocycles. The molecule has 3 aromatic heterocycles. The predicted octanol–water partition coefficient (Wildman–Crippen LogP) is -0.0117. The third kappa shape index (κ3) is 4.06. The van der Waals surface area contributed by atoms with E-state index in [2.05, 4.69) is 40.8 Å². The van der Waals surface area contributed by atoms with Gasteiger partial charge in [0.15, 0.2) is 10.3 Å². The van der Waals surface area contributed by atoms with Crippen LogP contribution in [0.2, 0.25) is 0 Å². The highest BCUT2D eigenvalue weighted by molar-refractivity contribution is 9.09. The highest BCUT2D eigenvalue weighted by atomic mass is 79.9. The van der Waals surface area contributed by atoms with Gasteiger partial charge in [-0.05, 0) is 22.0 Å². The summed E-state index contributed by atoms with van der Waals surface area (Å²) >= 11 is 8.14. The fourth-order valence-corrected chi connectivity index (χ4v) is 3.57. The van der Waals surface area contributed by atoms with Gasteiger partial charge in [-0.25, -0.2) is 14.8 Å². The van der Waals surface area contributed by atoms with Crippen LogP contribution in [-0.2, 0) is 9.37 Å². The molecule has 1 saturated heterocycles. The van der Waals surface area contributed by atoms with E-state index in [1.54, 1.807) is 6.33 Å². The summed E-state index contributed by atoms with van der Waals surface area (Å²) in [5, 5.41) is 18.7. The molecule has 11 nitrogen and oxygen atoms in total. The molecule has 0 aliphatic carbocycles. The Morgan fingerprint density at radius 1 is 1.44 bits per heavy atom. The summed E-state index contributed by atoms with van der Waals surface area (Å²) in [6.45, 7) is -0.328. The Balaban J connectivity index is 0.000000177. The maximum absolute atomic E-state index is 11.7. The lowest BCUT2D eigenvalue weighted by molar-refractivity contribution is -0.0607. The summed E-state index contributed by atoms with van der Waals surface area (Å²) in [6, 6.07) is 1.45. The van der Waals surface area contributed by atoms with E-state index >= 15 is 0 Å². The Hall–Kier alpha value is -2.19. The monoisotopic (exact) mass is 457 g/mol. The van der Waals surface area contributed by atoms with Gasteiger partial charge >= 0.3 is 5.69 Å². The molecule has 4 rings (SSSR count). The molecule has 13 heteroatoms. The summed E-state index contributed by atoms with van der Waals surface area (Å²) < 4.78 is 5.95. The number of imidazole rings is 1. The summed E-state index contributed by atoms with van der Waals surface area (Å²) in [6.07, 6.45) is 3.07. The van der Waals surface area contributed by atoms with Crippen LogP contribution in [0.25, 0.3) is 11.2 Å². The van der Waals surface area contributed by atoms with Gasteiger partial charge in [0.25, 0.3) is 0 Å². The Kier molecular flexibility index (Phi) is 5.67. The minimum atomic E-state index is -1.20. The highest BCUT2D eigenvalue weighted by Crippen LogP contribution is 2.39. The van der Waals surface area contributed by atoms with Crippen molar-refractivity contribution in [3.63, 3.8) is 0 Å². The number of nitrogens with one attached hydrogen (secondary N) is 2. The number of ether oxygens (including phenoxy) is 1. The molecular weight excluding hydrogens is 442 g/mol. The molecule has 0 spiro atoms. The van der Waals surface area contributed by atoms with Crippen LogP contribution in [0, 0.1) is 4.64 Å². The largest absolute Gasteiger partial charge is 0.394 e. The lowest BCUT2D eigenvalue weighted by Crippen LogP contribution is -2.37. The van der Waals surface area contributed by atoms with Gasteiger partial charge in [-0.2, -0.15) is 4.98 Å². The van der Waals surface area contributed by atoms with Crippen LogP contribution >= 0.6 is 28.1 Å². The molecule has 0 bridgehead atoms. The van der Waals surface area contributed by atoms with Crippen molar-refractivity contribution >= 4 is 45.1 Å². The van der Waals surface area contributed by atoms with E-state index in [0.29, 0.717) is 4.64 Å². The van der Waals surface area contributed by atoms with Crippen molar-refractivity contribution in [3.05, 3.63) is 40.0 Å².